The van der Waals surface area contributed by atoms with E-state index >= 15 is 0 Å². The first-order valence-corrected chi connectivity index (χ1v) is 9.82. The highest BCUT2D eigenvalue weighted by Crippen LogP contribution is 2.22. The second-order valence-electron chi connectivity index (χ2n) is 6.16. The zero-order chi connectivity index (χ0) is 23.6. The van der Waals surface area contributed by atoms with Gasteiger partial charge in [-0.25, -0.2) is 9.59 Å². The highest BCUT2D eigenvalue weighted by molar-refractivity contribution is 5.97. The van der Waals surface area contributed by atoms with Gasteiger partial charge in [0.05, 0.1) is 77.2 Å². The first kappa shape index (κ1) is 27.9. The Labute approximate surface area is 185 Å². The van der Waals surface area contributed by atoms with Crippen LogP contribution in [0.3, 0.4) is 0 Å². The van der Waals surface area contributed by atoms with Crippen LogP contribution in [0.1, 0.15) is 31.8 Å². The van der Waals surface area contributed by atoms with Crippen molar-refractivity contribution in [3.63, 3.8) is 0 Å². The molecule has 0 saturated carbocycles. The summed E-state index contributed by atoms with van der Waals surface area (Å²) < 4.78 is 31.0. The van der Waals surface area contributed by atoms with Gasteiger partial charge in [-0.15, -0.1) is 0 Å². The Hall–Kier alpha value is -2.16. The third-order valence-corrected chi connectivity index (χ3v) is 3.90. The molecule has 0 fully saturated rings. The molecule has 0 amide bonds. The van der Waals surface area contributed by atoms with E-state index in [2.05, 4.69) is 0 Å². The van der Waals surface area contributed by atoms with E-state index in [9.17, 15) is 19.8 Å². The van der Waals surface area contributed by atoms with E-state index in [4.69, 9.17) is 38.6 Å². The maximum atomic E-state index is 11.8. The van der Waals surface area contributed by atoms with Gasteiger partial charge in [-0.1, -0.05) is 6.07 Å². The summed E-state index contributed by atoms with van der Waals surface area (Å²) in [5.41, 5.74) is -0.165. The van der Waals surface area contributed by atoms with Gasteiger partial charge in [0.15, 0.2) is 0 Å². The molecule has 32 heavy (non-hydrogen) atoms. The molecule has 12 nitrogen and oxygen atoms in total. The zero-order valence-corrected chi connectivity index (χ0v) is 17.7. The van der Waals surface area contributed by atoms with E-state index in [1.807, 2.05) is 0 Å². The number of ether oxygens (including phenoxy) is 6. The van der Waals surface area contributed by atoms with Crippen LogP contribution in [0.25, 0.3) is 0 Å². The van der Waals surface area contributed by atoms with Gasteiger partial charge in [-0.2, -0.15) is 0 Å². The van der Waals surface area contributed by atoms with Crippen molar-refractivity contribution in [1.82, 2.24) is 0 Å². The number of aliphatic hydroxyl groups excluding tert-OH is 2. The Bertz CT molecular complexity index is 679. The lowest BCUT2D eigenvalue weighted by molar-refractivity contribution is -0.0786. The first-order chi connectivity index (χ1) is 15.5. The Kier molecular flexibility index (Phi) is 15.2. The van der Waals surface area contributed by atoms with E-state index < -0.39 is 11.9 Å². The Morgan fingerprint density at radius 1 is 0.656 bits per heavy atom. The third kappa shape index (κ3) is 10.9. The summed E-state index contributed by atoms with van der Waals surface area (Å²) in [6.45, 7) is 0.398. The number of aromatic carboxylic acids is 2. The summed E-state index contributed by atoms with van der Waals surface area (Å²) in [4.78, 5) is 23.4. The maximum absolute atomic E-state index is 11.8. The molecule has 0 aromatic heterocycles. The Morgan fingerprint density at radius 3 is 1.69 bits per heavy atom. The average Bonchev–Trinajstić information content (AvgIpc) is 2.76. The van der Waals surface area contributed by atoms with Crippen molar-refractivity contribution in [2.45, 2.75) is 13.2 Å². The van der Waals surface area contributed by atoms with E-state index in [0.717, 1.165) is 0 Å². The number of aliphatic hydroxyl groups is 2. The highest BCUT2D eigenvalue weighted by Gasteiger charge is 2.22. The monoisotopic (exact) mass is 462 g/mol. The van der Waals surface area contributed by atoms with Gasteiger partial charge in [0.1, 0.15) is 13.6 Å². The summed E-state index contributed by atoms with van der Waals surface area (Å²) in [6.07, 6.45) is 0. The van der Waals surface area contributed by atoms with Crippen molar-refractivity contribution in [3.8, 4) is 0 Å². The van der Waals surface area contributed by atoms with Gasteiger partial charge >= 0.3 is 11.9 Å². The normalized spacial score (nSPS) is 11.1. The maximum Gasteiger partial charge on any atom is 0.336 e. The molecule has 182 valence electrons. The van der Waals surface area contributed by atoms with Crippen molar-refractivity contribution < 1.29 is 58.4 Å². The molecular weight excluding hydrogens is 432 g/mol. The molecule has 0 atom stereocenters. The topological polar surface area (TPSA) is 170 Å². The van der Waals surface area contributed by atoms with Gasteiger partial charge < -0.3 is 48.8 Å². The number of rotatable bonds is 20. The second kappa shape index (κ2) is 17.4. The Morgan fingerprint density at radius 2 is 1.19 bits per heavy atom. The number of carboxylic acid groups (broad SMARTS) is 2. The minimum atomic E-state index is -1.32. The molecule has 0 bridgehead atoms. The quantitative estimate of drug-likeness (QED) is 0.152. The van der Waals surface area contributed by atoms with Crippen molar-refractivity contribution in [3.05, 3.63) is 34.4 Å². The molecule has 1 rings (SSSR count). The average molecular weight is 462 g/mol. The van der Waals surface area contributed by atoms with Crippen LogP contribution in [0.5, 0.6) is 0 Å². The van der Waals surface area contributed by atoms with Gasteiger partial charge in [0, 0.05) is 5.56 Å². The lowest BCUT2D eigenvalue weighted by atomic mass is 9.96. The molecule has 0 spiro atoms. The van der Waals surface area contributed by atoms with Crippen molar-refractivity contribution in [1.29, 1.82) is 0 Å². The van der Waals surface area contributed by atoms with Crippen LogP contribution < -0.4 is 0 Å². The molecule has 1 aromatic rings. The molecule has 0 unspecified atom stereocenters. The second-order valence-corrected chi connectivity index (χ2v) is 6.16. The minimum absolute atomic E-state index is 0.00967. The first-order valence-electron chi connectivity index (χ1n) is 9.82. The fraction of sp³-hybridized carbons (Fsp3) is 0.600. The summed E-state index contributed by atoms with van der Waals surface area (Å²) in [7, 11) is 0. The lowest BCUT2D eigenvalue weighted by Crippen LogP contribution is -2.16. The van der Waals surface area contributed by atoms with Crippen molar-refractivity contribution in [2.24, 2.45) is 0 Å². The van der Waals surface area contributed by atoms with E-state index in [1.165, 1.54) is 12.1 Å². The van der Waals surface area contributed by atoms with Crippen LogP contribution in [0.4, 0.5) is 0 Å². The summed E-state index contributed by atoms with van der Waals surface area (Å²) in [6, 6.07) is 2.66. The van der Waals surface area contributed by atoms with Crippen LogP contribution in [0.15, 0.2) is 12.1 Å². The number of carbonyl (C=O) groups is 2. The number of carboxylic acids is 2. The van der Waals surface area contributed by atoms with Gasteiger partial charge in [-0.3, -0.25) is 0 Å². The number of hydrogen-bond acceptors (Lipinski definition) is 10. The van der Waals surface area contributed by atoms with E-state index in [-0.39, 0.29) is 102 Å². The fourth-order valence-corrected chi connectivity index (χ4v) is 2.53. The molecule has 0 saturated heterocycles. The molecule has 0 heterocycles. The van der Waals surface area contributed by atoms with Gasteiger partial charge in [0.25, 0.3) is 0 Å². The number of benzene rings is 1. The smallest absolute Gasteiger partial charge is 0.336 e. The molecule has 0 radical (unpaired) electrons. The van der Waals surface area contributed by atoms with E-state index in [1.54, 1.807) is 0 Å². The largest absolute Gasteiger partial charge is 0.478 e. The standard InChI is InChI=1S/C20H30O12/c21-3-5-27-7-9-29-13-31-11-15-1-2-16(19(23)24)17(18(15)20(25)26)12-32-14-30-10-8-28-6-4-22/h1-2,21-22H,3-14H2,(H,23,24)(H,25,26). The summed E-state index contributed by atoms with van der Waals surface area (Å²) in [5, 5.41) is 36.3. The fourth-order valence-electron chi connectivity index (χ4n) is 2.53. The molecule has 0 aliphatic carbocycles. The van der Waals surface area contributed by atoms with Crippen molar-refractivity contribution in [2.75, 3.05) is 66.4 Å². The van der Waals surface area contributed by atoms with E-state index in [0.29, 0.717) is 0 Å². The van der Waals surface area contributed by atoms with Crippen molar-refractivity contribution >= 4 is 11.9 Å². The van der Waals surface area contributed by atoms with Crippen LogP contribution in [0.2, 0.25) is 0 Å². The summed E-state index contributed by atoms with van der Waals surface area (Å²) >= 11 is 0. The van der Waals surface area contributed by atoms with Crippen LogP contribution in [-0.2, 0) is 41.6 Å². The molecule has 12 heteroatoms. The van der Waals surface area contributed by atoms with Crippen LogP contribution in [0, 0.1) is 0 Å². The molecule has 4 N–H and O–H groups in total. The predicted octanol–water partition coefficient (Wildman–Crippen LogP) is 0.0822. The van der Waals surface area contributed by atoms with Crippen LogP contribution in [-0.4, -0.2) is 98.8 Å². The zero-order valence-electron chi connectivity index (χ0n) is 17.7. The minimum Gasteiger partial charge on any atom is -0.478 e. The SMILES string of the molecule is O=C(O)c1ccc(COCOCCOCCO)c(C(=O)O)c1COCOCCOCCO. The van der Waals surface area contributed by atoms with Crippen LogP contribution >= 0.6 is 0 Å². The van der Waals surface area contributed by atoms with Gasteiger partial charge in [0.2, 0.25) is 0 Å². The molecular formula is C20H30O12. The number of hydrogen-bond donors (Lipinski definition) is 4. The molecule has 0 aliphatic heterocycles. The summed E-state index contributed by atoms with van der Waals surface area (Å²) in [5.74, 6) is -2.61. The molecule has 1 aromatic carbocycles. The van der Waals surface area contributed by atoms with Gasteiger partial charge in [-0.05, 0) is 11.6 Å². The predicted molar refractivity (Wildman–Crippen MR) is 107 cm³/mol. The highest BCUT2D eigenvalue weighted by atomic mass is 16.7. The Balaban J connectivity index is 2.65. The lowest BCUT2D eigenvalue weighted by Gasteiger charge is -2.15. The third-order valence-electron chi connectivity index (χ3n) is 3.90. The molecule has 0 aliphatic rings.